The number of nitrogens with zero attached hydrogens (tertiary/aromatic N) is 4. The Morgan fingerprint density at radius 2 is 2.10 bits per heavy atom. The van der Waals surface area contributed by atoms with Crippen molar-refractivity contribution in [1.82, 2.24) is 19.7 Å². The predicted molar refractivity (Wildman–Crippen MR) is 113 cm³/mol. The van der Waals surface area contributed by atoms with Crippen molar-refractivity contribution in [1.29, 1.82) is 0 Å². The van der Waals surface area contributed by atoms with Gasteiger partial charge in [-0.05, 0) is 48.6 Å². The van der Waals surface area contributed by atoms with Crippen molar-refractivity contribution in [2.45, 2.75) is 43.1 Å². The van der Waals surface area contributed by atoms with Gasteiger partial charge in [-0.1, -0.05) is 30.8 Å². The maximum absolute atomic E-state index is 12.1. The van der Waals surface area contributed by atoms with Crippen LogP contribution in [0, 0.1) is 0 Å². The third kappa shape index (κ3) is 3.58. The number of thioether (sulfide) groups is 1. The Bertz CT molecular complexity index is 1230. The molecule has 29 heavy (non-hydrogen) atoms. The molecule has 3 aromatic heterocycles. The minimum atomic E-state index is -0.318. The van der Waals surface area contributed by atoms with Gasteiger partial charge in [0, 0.05) is 41.2 Å². The largest absolute Gasteiger partial charge is 0.423 e. The zero-order valence-corrected chi connectivity index (χ0v) is 16.9. The summed E-state index contributed by atoms with van der Waals surface area (Å²) in [5, 5.41) is 10.7. The van der Waals surface area contributed by atoms with Crippen LogP contribution in [-0.2, 0) is 12.2 Å². The smallest absolute Gasteiger partial charge is 0.336 e. The maximum Gasteiger partial charge on any atom is 0.336 e. The summed E-state index contributed by atoms with van der Waals surface area (Å²) in [5.74, 6) is 1.49. The number of benzene rings is 1. The summed E-state index contributed by atoms with van der Waals surface area (Å²) in [6.45, 7) is 2.09. The lowest BCUT2D eigenvalue weighted by Gasteiger charge is -2.09. The van der Waals surface area contributed by atoms with Crippen LogP contribution >= 0.6 is 11.8 Å². The normalized spacial score (nSPS) is 13.8. The van der Waals surface area contributed by atoms with Gasteiger partial charge in [0.25, 0.3) is 0 Å². The summed E-state index contributed by atoms with van der Waals surface area (Å²) in [6, 6.07) is 12.0. The van der Waals surface area contributed by atoms with Gasteiger partial charge in [0.15, 0.2) is 11.0 Å². The number of hydrogen-bond acceptors (Lipinski definition) is 6. The first-order valence-corrected chi connectivity index (χ1v) is 10.7. The first kappa shape index (κ1) is 18.1. The summed E-state index contributed by atoms with van der Waals surface area (Å²) in [4.78, 5) is 16.3. The van der Waals surface area contributed by atoms with Crippen molar-refractivity contribution >= 4 is 22.7 Å². The molecule has 3 heterocycles. The van der Waals surface area contributed by atoms with E-state index < -0.39 is 0 Å². The lowest BCUT2D eigenvalue weighted by atomic mass is 10.1. The van der Waals surface area contributed by atoms with Gasteiger partial charge < -0.3 is 4.42 Å². The highest BCUT2D eigenvalue weighted by atomic mass is 32.2. The molecular weight excluding hydrogens is 384 g/mol. The van der Waals surface area contributed by atoms with Crippen LogP contribution in [0.1, 0.15) is 36.9 Å². The molecule has 1 aromatic carbocycles. The Balaban J connectivity index is 1.48. The van der Waals surface area contributed by atoms with Crippen molar-refractivity contribution in [3.8, 4) is 11.4 Å². The minimum absolute atomic E-state index is 0.318. The molecule has 0 N–H and O–H groups in total. The van der Waals surface area contributed by atoms with Crippen molar-refractivity contribution in [3.05, 3.63) is 70.3 Å². The first-order chi connectivity index (χ1) is 14.2. The van der Waals surface area contributed by atoms with Crippen LogP contribution < -0.4 is 5.63 Å². The third-order valence-electron chi connectivity index (χ3n) is 5.16. The molecule has 1 fully saturated rings. The average molecular weight is 404 g/mol. The summed E-state index contributed by atoms with van der Waals surface area (Å²) in [5.41, 5.74) is 3.40. The van der Waals surface area contributed by atoms with Crippen LogP contribution in [0.4, 0.5) is 0 Å². The number of fused-ring (bicyclic) bond motifs is 1. The van der Waals surface area contributed by atoms with Crippen LogP contribution in [0.5, 0.6) is 0 Å². The fourth-order valence-corrected chi connectivity index (χ4v) is 4.48. The maximum atomic E-state index is 12.1. The molecule has 4 aromatic rings. The highest BCUT2D eigenvalue weighted by molar-refractivity contribution is 7.98. The van der Waals surface area contributed by atoms with Crippen molar-refractivity contribution in [2.75, 3.05) is 0 Å². The predicted octanol–water partition coefficient (Wildman–Crippen LogP) is 4.64. The molecule has 5 rings (SSSR count). The van der Waals surface area contributed by atoms with Gasteiger partial charge in [-0.2, -0.15) is 0 Å². The van der Waals surface area contributed by atoms with Crippen LogP contribution in [0.3, 0.4) is 0 Å². The third-order valence-corrected chi connectivity index (χ3v) is 6.15. The van der Waals surface area contributed by atoms with Gasteiger partial charge >= 0.3 is 5.63 Å². The molecule has 0 atom stereocenters. The first-order valence-electron chi connectivity index (χ1n) is 9.76. The fraction of sp³-hybridized carbons (Fsp3) is 0.273. The standard InChI is InChI=1S/C22H20N4O2S/c1-2-14-5-8-18-16(11-20(27)28-19(18)10-14)13-29-22-25-24-21(26(22)17-6-7-17)15-4-3-9-23-12-15/h3-5,8-12,17H,2,6-7,13H2,1H3. The Hall–Kier alpha value is -2.93. The molecule has 1 aliphatic carbocycles. The van der Waals surface area contributed by atoms with E-state index in [-0.39, 0.29) is 5.63 Å². The fourth-order valence-electron chi connectivity index (χ4n) is 3.49. The van der Waals surface area contributed by atoms with Crippen molar-refractivity contribution in [3.63, 3.8) is 0 Å². The number of aryl methyl sites for hydroxylation is 1. The molecule has 0 bridgehead atoms. The van der Waals surface area contributed by atoms with Gasteiger partial charge in [-0.25, -0.2) is 4.79 Å². The molecule has 0 radical (unpaired) electrons. The van der Waals surface area contributed by atoms with E-state index in [2.05, 4.69) is 32.7 Å². The van der Waals surface area contributed by atoms with Crippen LogP contribution in [0.25, 0.3) is 22.4 Å². The van der Waals surface area contributed by atoms with E-state index in [0.29, 0.717) is 17.4 Å². The highest BCUT2D eigenvalue weighted by Crippen LogP contribution is 2.41. The van der Waals surface area contributed by atoms with E-state index in [1.54, 1.807) is 24.0 Å². The molecule has 0 saturated heterocycles. The molecule has 0 aliphatic heterocycles. The topological polar surface area (TPSA) is 73.8 Å². The Kier molecular flexibility index (Phi) is 4.67. The molecule has 1 aliphatic rings. The van der Waals surface area contributed by atoms with E-state index in [1.807, 2.05) is 30.5 Å². The second kappa shape index (κ2) is 7.48. The highest BCUT2D eigenvalue weighted by Gasteiger charge is 2.30. The number of aromatic nitrogens is 4. The lowest BCUT2D eigenvalue weighted by Crippen LogP contribution is -2.02. The molecular formula is C22H20N4O2S. The van der Waals surface area contributed by atoms with Crippen LogP contribution in [0.2, 0.25) is 0 Å². The zero-order chi connectivity index (χ0) is 19.8. The van der Waals surface area contributed by atoms with E-state index >= 15 is 0 Å². The van der Waals surface area contributed by atoms with E-state index in [1.165, 1.54) is 0 Å². The average Bonchev–Trinajstić information content (AvgIpc) is 3.50. The molecule has 1 saturated carbocycles. The van der Waals surface area contributed by atoms with Gasteiger partial charge in [-0.15, -0.1) is 10.2 Å². The summed E-state index contributed by atoms with van der Waals surface area (Å²) < 4.78 is 7.64. The van der Waals surface area contributed by atoms with Crippen molar-refractivity contribution < 1.29 is 4.42 Å². The minimum Gasteiger partial charge on any atom is -0.423 e. The van der Waals surface area contributed by atoms with E-state index in [4.69, 9.17) is 4.42 Å². The van der Waals surface area contributed by atoms with Crippen LogP contribution in [-0.4, -0.2) is 19.7 Å². The van der Waals surface area contributed by atoms with Crippen molar-refractivity contribution in [2.24, 2.45) is 0 Å². The van der Waals surface area contributed by atoms with Gasteiger partial charge in [0.2, 0.25) is 0 Å². The molecule has 0 unspecified atom stereocenters. The summed E-state index contributed by atoms with van der Waals surface area (Å²) in [7, 11) is 0. The van der Waals surface area contributed by atoms with Gasteiger partial charge in [0.05, 0.1) is 0 Å². The van der Waals surface area contributed by atoms with E-state index in [0.717, 1.165) is 52.3 Å². The lowest BCUT2D eigenvalue weighted by molar-refractivity contribution is 0.559. The van der Waals surface area contributed by atoms with Gasteiger partial charge in [-0.3, -0.25) is 9.55 Å². The Labute approximate surface area is 172 Å². The summed E-state index contributed by atoms with van der Waals surface area (Å²) >= 11 is 1.61. The molecule has 146 valence electrons. The molecule has 0 amide bonds. The second-order valence-electron chi connectivity index (χ2n) is 7.21. The van der Waals surface area contributed by atoms with Gasteiger partial charge in [0.1, 0.15) is 5.58 Å². The molecule has 6 nitrogen and oxygen atoms in total. The van der Waals surface area contributed by atoms with E-state index in [9.17, 15) is 4.79 Å². The Morgan fingerprint density at radius 3 is 2.86 bits per heavy atom. The number of rotatable bonds is 6. The Morgan fingerprint density at radius 1 is 1.21 bits per heavy atom. The van der Waals surface area contributed by atoms with Crippen LogP contribution in [0.15, 0.2) is 63.2 Å². The summed E-state index contributed by atoms with van der Waals surface area (Å²) in [6.07, 6.45) is 6.75. The second-order valence-corrected chi connectivity index (χ2v) is 8.15. The number of pyridine rings is 1. The molecule has 7 heteroatoms. The quantitative estimate of drug-likeness (QED) is 0.344. The molecule has 0 spiro atoms. The SMILES string of the molecule is CCc1ccc2c(CSc3nnc(-c4cccnc4)n3C3CC3)cc(=O)oc2c1. The number of hydrogen-bond donors (Lipinski definition) is 0. The zero-order valence-electron chi connectivity index (χ0n) is 16.0. The monoisotopic (exact) mass is 404 g/mol.